The molecule has 2 N–H and O–H groups in total. The Bertz CT molecular complexity index is 1630. The first kappa shape index (κ1) is 24.4. The van der Waals surface area contributed by atoms with Crippen LogP contribution in [0.3, 0.4) is 0 Å². The lowest BCUT2D eigenvalue weighted by Gasteiger charge is -2.19. The summed E-state index contributed by atoms with van der Waals surface area (Å²) in [7, 11) is -2.05. The molecule has 1 amide bonds. The number of aryl methyl sites for hydroxylation is 2. The molecule has 0 saturated heterocycles. The number of anilines is 1. The molecule has 0 aliphatic rings. The fourth-order valence-corrected chi connectivity index (χ4v) is 4.28. The van der Waals surface area contributed by atoms with Crippen molar-refractivity contribution in [3.05, 3.63) is 74.9 Å². The molecule has 12 heteroatoms. The summed E-state index contributed by atoms with van der Waals surface area (Å²) in [5.41, 5.74) is 2.39. The molecule has 4 rings (SSSR count). The molecule has 0 bridgehead atoms. The minimum atomic E-state index is -3.82. The molecule has 182 valence electrons. The van der Waals surface area contributed by atoms with Gasteiger partial charge in [-0.2, -0.15) is 5.10 Å². The van der Waals surface area contributed by atoms with E-state index in [1.54, 1.807) is 30.2 Å². The summed E-state index contributed by atoms with van der Waals surface area (Å²) in [4.78, 5) is 29.5. The molecule has 4 aromatic rings. The summed E-state index contributed by atoms with van der Waals surface area (Å²) in [6.45, 7) is 3.68. The minimum Gasteiger partial charge on any atom is -0.455 e. The van der Waals surface area contributed by atoms with Gasteiger partial charge in [0.2, 0.25) is 10.0 Å². The molecule has 1 atom stereocenters. The van der Waals surface area contributed by atoms with Crippen molar-refractivity contribution in [1.29, 1.82) is 0 Å². The van der Waals surface area contributed by atoms with E-state index in [-0.39, 0.29) is 22.0 Å². The number of aromatic nitrogens is 3. The van der Waals surface area contributed by atoms with Crippen LogP contribution in [0.2, 0.25) is 5.15 Å². The Morgan fingerprint density at radius 2 is 1.97 bits per heavy atom. The molecule has 0 fully saturated rings. The standard InChI is InChI=1S/C23H22ClN5O5S/c1-12-7-15(22-16(8-12)18(30)9-19(34-22)14-10-25-29(3)11-14)13(2)26-17-5-6-20(24)27-21(17)23(31)28-35(4,32)33/h5-11,13,26H,1-4H3,(H,28,31)/t13-/m1/s1. The summed E-state index contributed by atoms with van der Waals surface area (Å²) in [6.07, 6.45) is 4.21. The van der Waals surface area contributed by atoms with Crippen molar-refractivity contribution in [2.75, 3.05) is 11.6 Å². The smallest absolute Gasteiger partial charge is 0.285 e. The summed E-state index contributed by atoms with van der Waals surface area (Å²) in [5, 5.41) is 7.73. The average molecular weight is 516 g/mol. The molecule has 3 aromatic heterocycles. The number of hydrogen-bond donors (Lipinski definition) is 2. The molecule has 0 saturated carbocycles. The van der Waals surface area contributed by atoms with Crippen LogP contribution in [0, 0.1) is 6.92 Å². The quantitative estimate of drug-likeness (QED) is 0.373. The van der Waals surface area contributed by atoms with Gasteiger partial charge in [-0.3, -0.25) is 14.3 Å². The number of hydrogen-bond acceptors (Lipinski definition) is 8. The van der Waals surface area contributed by atoms with Crippen molar-refractivity contribution in [3.63, 3.8) is 0 Å². The second-order valence-electron chi connectivity index (χ2n) is 8.21. The summed E-state index contributed by atoms with van der Waals surface area (Å²) in [6, 6.07) is 7.57. The van der Waals surface area contributed by atoms with E-state index in [0.717, 1.165) is 11.8 Å². The van der Waals surface area contributed by atoms with Crippen LogP contribution in [-0.4, -0.2) is 35.3 Å². The van der Waals surface area contributed by atoms with E-state index in [2.05, 4.69) is 15.4 Å². The summed E-state index contributed by atoms with van der Waals surface area (Å²) < 4.78 is 32.8. The van der Waals surface area contributed by atoms with E-state index in [1.165, 1.54) is 18.2 Å². The maximum atomic E-state index is 12.9. The number of halogens is 1. The Morgan fingerprint density at radius 1 is 1.23 bits per heavy atom. The van der Waals surface area contributed by atoms with Crippen molar-refractivity contribution >= 4 is 44.2 Å². The van der Waals surface area contributed by atoms with E-state index in [4.69, 9.17) is 16.0 Å². The maximum absolute atomic E-state index is 12.9. The highest BCUT2D eigenvalue weighted by molar-refractivity contribution is 7.89. The van der Waals surface area contributed by atoms with Gasteiger partial charge in [-0.05, 0) is 37.6 Å². The maximum Gasteiger partial charge on any atom is 0.285 e. The molecular weight excluding hydrogens is 494 g/mol. The molecule has 3 heterocycles. The van der Waals surface area contributed by atoms with E-state index >= 15 is 0 Å². The van der Waals surface area contributed by atoms with Gasteiger partial charge >= 0.3 is 0 Å². The third-order valence-electron chi connectivity index (χ3n) is 5.18. The highest BCUT2D eigenvalue weighted by atomic mass is 35.5. The first-order valence-corrected chi connectivity index (χ1v) is 12.7. The van der Waals surface area contributed by atoms with Gasteiger partial charge in [0.1, 0.15) is 16.5 Å². The molecule has 0 aliphatic carbocycles. The van der Waals surface area contributed by atoms with Crippen LogP contribution in [0.4, 0.5) is 5.69 Å². The molecule has 0 aliphatic heterocycles. The van der Waals surface area contributed by atoms with Crippen molar-refractivity contribution in [2.45, 2.75) is 19.9 Å². The number of nitrogens with zero attached hydrogens (tertiary/aromatic N) is 3. The van der Waals surface area contributed by atoms with Crippen LogP contribution in [-0.2, 0) is 17.1 Å². The Morgan fingerprint density at radius 3 is 2.63 bits per heavy atom. The molecule has 0 spiro atoms. The minimum absolute atomic E-state index is 0.0231. The van der Waals surface area contributed by atoms with Gasteiger partial charge in [0.15, 0.2) is 11.1 Å². The zero-order valence-electron chi connectivity index (χ0n) is 19.3. The van der Waals surface area contributed by atoms with Crippen molar-refractivity contribution in [1.82, 2.24) is 19.5 Å². The van der Waals surface area contributed by atoms with Gasteiger partial charge in [-0.15, -0.1) is 0 Å². The highest BCUT2D eigenvalue weighted by Crippen LogP contribution is 2.31. The molecule has 1 aromatic carbocycles. The van der Waals surface area contributed by atoms with Gasteiger partial charge in [0.25, 0.3) is 5.91 Å². The lowest BCUT2D eigenvalue weighted by Crippen LogP contribution is -2.31. The average Bonchev–Trinajstić information content (AvgIpc) is 3.20. The van der Waals surface area contributed by atoms with Crippen molar-refractivity contribution in [2.24, 2.45) is 7.05 Å². The van der Waals surface area contributed by atoms with Crippen molar-refractivity contribution in [3.8, 4) is 11.3 Å². The number of pyridine rings is 1. The number of sulfonamides is 1. The zero-order chi connectivity index (χ0) is 25.5. The van der Waals surface area contributed by atoms with Gasteiger partial charge in [-0.1, -0.05) is 17.7 Å². The van der Waals surface area contributed by atoms with E-state index < -0.39 is 22.0 Å². The van der Waals surface area contributed by atoms with Crippen LogP contribution in [0.25, 0.3) is 22.3 Å². The summed E-state index contributed by atoms with van der Waals surface area (Å²) >= 11 is 5.95. The number of benzene rings is 1. The van der Waals surface area contributed by atoms with E-state index in [1.807, 2.05) is 24.6 Å². The van der Waals surface area contributed by atoms with Gasteiger partial charge in [0.05, 0.1) is 35.1 Å². The second kappa shape index (κ2) is 9.16. The van der Waals surface area contributed by atoms with Crippen LogP contribution in [0.1, 0.15) is 34.6 Å². The fraction of sp³-hybridized carbons (Fsp3) is 0.217. The van der Waals surface area contributed by atoms with E-state index in [9.17, 15) is 18.0 Å². The lowest BCUT2D eigenvalue weighted by atomic mass is 10.0. The second-order valence-corrected chi connectivity index (χ2v) is 10.3. The number of carbonyl (C=O) groups excluding carboxylic acids is 1. The Labute approximate surface area is 206 Å². The Hall–Kier alpha value is -3.70. The van der Waals surface area contributed by atoms with Crippen LogP contribution in [0.15, 0.2) is 51.9 Å². The zero-order valence-corrected chi connectivity index (χ0v) is 20.9. The van der Waals surface area contributed by atoms with Gasteiger partial charge in [-0.25, -0.2) is 18.1 Å². The molecule has 35 heavy (non-hydrogen) atoms. The monoisotopic (exact) mass is 515 g/mol. The molecule has 10 nitrogen and oxygen atoms in total. The molecular formula is C23H22ClN5O5S. The Balaban J connectivity index is 1.80. The topological polar surface area (TPSA) is 136 Å². The van der Waals surface area contributed by atoms with Crippen LogP contribution in [0.5, 0.6) is 0 Å². The SMILES string of the molecule is Cc1cc([C@@H](C)Nc2ccc(Cl)nc2C(=O)NS(C)(=O)=O)c2oc(-c3cnn(C)c3)cc(=O)c2c1. The summed E-state index contributed by atoms with van der Waals surface area (Å²) in [5.74, 6) is -0.557. The first-order valence-electron chi connectivity index (χ1n) is 10.4. The lowest BCUT2D eigenvalue weighted by molar-refractivity contribution is 0.0977. The number of fused-ring (bicyclic) bond motifs is 1. The molecule has 0 unspecified atom stereocenters. The largest absolute Gasteiger partial charge is 0.455 e. The Kier molecular flexibility index (Phi) is 6.39. The number of rotatable bonds is 6. The predicted molar refractivity (Wildman–Crippen MR) is 133 cm³/mol. The van der Waals surface area contributed by atoms with Crippen LogP contribution < -0.4 is 15.5 Å². The number of amides is 1. The highest BCUT2D eigenvalue weighted by Gasteiger charge is 2.21. The third kappa shape index (κ3) is 5.36. The first-order chi connectivity index (χ1) is 16.4. The van der Waals surface area contributed by atoms with E-state index in [0.29, 0.717) is 27.9 Å². The molecule has 0 radical (unpaired) electrons. The van der Waals surface area contributed by atoms with Gasteiger partial charge in [0, 0.05) is 24.9 Å². The third-order valence-corrected chi connectivity index (χ3v) is 5.95. The fourth-order valence-electron chi connectivity index (χ4n) is 3.70. The normalized spacial score (nSPS) is 12.5. The number of nitrogens with one attached hydrogen (secondary N) is 2. The van der Waals surface area contributed by atoms with Crippen LogP contribution >= 0.6 is 11.6 Å². The number of carbonyl (C=O) groups is 1. The predicted octanol–water partition coefficient (Wildman–Crippen LogP) is 3.41. The van der Waals surface area contributed by atoms with Gasteiger partial charge < -0.3 is 9.73 Å². The van der Waals surface area contributed by atoms with Crippen molar-refractivity contribution < 1.29 is 17.6 Å².